The molecule has 1 fully saturated rings. The highest BCUT2D eigenvalue weighted by atomic mass is 16.3. The number of aromatic nitrogens is 2. The molecule has 7 nitrogen and oxygen atoms in total. The maximum Gasteiger partial charge on any atom is 0.234 e. The van der Waals surface area contributed by atoms with Crippen molar-refractivity contribution in [2.45, 2.75) is 26.8 Å². The molecule has 33 heavy (non-hydrogen) atoms. The summed E-state index contributed by atoms with van der Waals surface area (Å²) in [5, 5.41) is 17.5. The Labute approximate surface area is 195 Å². The van der Waals surface area contributed by atoms with Gasteiger partial charge in [-0.15, -0.1) is 0 Å². The number of carbonyl (C=O) groups excluding carboxylic acids is 1. The molecule has 2 aromatic carbocycles. The second kappa shape index (κ2) is 10.5. The second-order valence-electron chi connectivity index (χ2n) is 9.03. The van der Waals surface area contributed by atoms with E-state index in [1.807, 2.05) is 35.0 Å². The van der Waals surface area contributed by atoms with Crippen LogP contribution in [-0.4, -0.2) is 58.4 Å². The lowest BCUT2D eigenvalue weighted by atomic mass is 10.1. The summed E-state index contributed by atoms with van der Waals surface area (Å²) in [5.41, 5.74) is 4.08. The number of amides is 1. The van der Waals surface area contributed by atoms with Crippen LogP contribution in [0.4, 0.5) is 5.69 Å². The minimum atomic E-state index is 0.0143. The molecule has 0 aliphatic carbocycles. The highest BCUT2D eigenvalue weighted by Crippen LogP contribution is 2.21. The zero-order chi connectivity index (χ0) is 23.2. The molecule has 0 radical (unpaired) electrons. The molecule has 7 heteroatoms. The van der Waals surface area contributed by atoms with Gasteiger partial charge in [0.2, 0.25) is 5.91 Å². The third-order valence-corrected chi connectivity index (χ3v) is 5.85. The van der Waals surface area contributed by atoms with Gasteiger partial charge in [0.15, 0.2) is 0 Å². The second-order valence-corrected chi connectivity index (χ2v) is 9.03. The van der Waals surface area contributed by atoms with Crippen LogP contribution in [0.3, 0.4) is 0 Å². The molecule has 4 rings (SSSR count). The number of anilines is 1. The first-order chi connectivity index (χ1) is 16.0. The fraction of sp³-hybridized carbons (Fsp3) is 0.385. The fourth-order valence-electron chi connectivity index (χ4n) is 4.22. The first-order valence-corrected chi connectivity index (χ1v) is 11.6. The van der Waals surface area contributed by atoms with Crippen LogP contribution in [0.2, 0.25) is 0 Å². The van der Waals surface area contributed by atoms with Crippen molar-refractivity contribution in [3.8, 4) is 11.4 Å². The Morgan fingerprint density at radius 3 is 2.42 bits per heavy atom. The number of nitrogens with one attached hydrogen (secondary N) is 1. The van der Waals surface area contributed by atoms with Gasteiger partial charge in [-0.05, 0) is 42.7 Å². The molecule has 1 amide bonds. The monoisotopic (exact) mass is 447 g/mol. The van der Waals surface area contributed by atoms with E-state index in [1.54, 1.807) is 12.1 Å². The number of benzene rings is 2. The smallest absolute Gasteiger partial charge is 0.234 e. The van der Waals surface area contributed by atoms with Crippen molar-refractivity contribution in [2.24, 2.45) is 5.92 Å². The number of hydrogen-bond donors (Lipinski definition) is 2. The number of carbonyl (C=O) groups is 1. The molecule has 1 aliphatic rings. The van der Waals surface area contributed by atoms with Crippen molar-refractivity contribution in [1.29, 1.82) is 0 Å². The van der Waals surface area contributed by atoms with Gasteiger partial charge in [-0.3, -0.25) is 9.69 Å². The Morgan fingerprint density at radius 2 is 1.73 bits per heavy atom. The molecule has 3 aromatic rings. The van der Waals surface area contributed by atoms with Gasteiger partial charge in [0.1, 0.15) is 5.75 Å². The number of phenolic OH excluding ortho intramolecular Hbond substituents is 1. The predicted molar refractivity (Wildman–Crippen MR) is 131 cm³/mol. The molecule has 1 aliphatic heterocycles. The summed E-state index contributed by atoms with van der Waals surface area (Å²) in [6.07, 6.45) is 0.930. The van der Waals surface area contributed by atoms with Crippen molar-refractivity contribution < 1.29 is 9.90 Å². The molecule has 0 atom stereocenters. The Kier molecular flexibility index (Phi) is 7.29. The third kappa shape index (κ3) is 6.14. The molecular weight excluding hydrogens is 414 g/mol. The van der Waals surface area contributed by atoms with Crippen molar-refractivity contribution in [3.05, 3.63) is 72.1 Å². The van der Waals surface area contributed by atoms with Crippen molar-refractivity contribution >= 4 is 11.6 Å². The van der Waals surface area contributed by atoms with E-state index in [-0.39, 0.29) is 11.7 Å². The minimum Gasteiger partial charge on any atom is -0.508 e. The number of hydrogen-bond acceptors (Lipinski definition) is 5. The SMILES string of the molecule is CC(C)Cc1cc(CNC(=O)CN2CCN(c3cccc(O)c3)CC2)nn1-c1ccccc1. The van der Waals surface area contributed by atoms with E-state index in [2.05, 4.69) is 47.2 Å². The standard InChI is InChI=1S/C26H33N5O2/c1-20(2)15-24-16-21(28-31(24)22-7-4-3-5-8-22)18-27-26(33)19-29-11-13-30(14-12-29)23-9-6-10-25(32)17-23/h3-10,16-17,20,32H,11-15,18-19H2,1-2H3,(H,27,33). The highest BCUT2D eigenvalue weighted by molar-refractivity contribution is 5.78. The van der Waals surface area contributed by atoms with E-state index in [1.165, 1.54) is 0 Å². The van der Waals surface area contributed by atoms with E-state index < -0.39 is 0 Å². The van der Waals surface area contributed by atoms with Gasteiger partial charge < -0.3 is 15.3 Å². The average molecular weight is 448 g/mol. The first kappa shape index (κ1) is 22.9. The van der Waals surface area contributed by atoms with Crippen molar-refractivity contribution in [3.63, 3.8) is 0 Å². The molecule has 0 spiro atoms. The van der Waals surface area contributed by atoms with Crippen molar-refractivity contribution in [2.75, 3.05) is 37.6 Å². The number of aromatic hydroxyl groups is 1. The van der Waals surface area contributed by atoms with E-state index in [0.29, 0.717) is 19.0 Å². The molecular formula is C26H33N5O2. The normalized spacial score (nSPS) is 14.6. The lowest BCUT2D eigenvalue weighted by Gasteiger charge is -2.35. The highest BCUT2D eigenvalue weighted by Gasteiger charge is 2.20. The van der Waals surface area contributed by atoms with Gasteiger partial charge in [-0.2, -0.15) is 5.10 Å². The van der Waals surface area contributed by atoms with Gasteiger partial charge in [0.05, 0.1) is 24.5 Å². The third-order valence-electron chi connectivity index (χ3n) is 5.85. The lowest BCUT2D eigenvalue weighted by Crippen LogP contribution is -2.49. The van der Waals surface area contributed by atoms with Gasteiger partial charge in [-0.1, -0.05) is 38.1 Å². The van der Waals surface area contributed by atoms with Gasteiger partial charge in [-0.25, -0.2) is 4.68 Å². The Morgan fingerprint density at radius 1 is 1.00 bits per heavy atom. The zero-order valence-corrected chi connectivity index (χ0v) is 19.4. The zero-order valence-electron chi connectivity index (χ0n) is 19.4. The summed E-state index contributed by atoms with van der Waals surface area (Å²) in [5.74, 6) is 0.811. The average Bonchev–Trinajstić information content (AvgIpc) is 3.21. The summed E-state index contributed by atoms with van der Waals surface area (Å²) < 4.78 is 1.99. The first-order valence-electron chi connectivity index (χ1n) is 11.6. The minimum absolute atomic E-state index is 0.0143. The number of rotatable bonds is 8. The van der Waals surface area contributed by atoms with Crippen LogP contribution in [0.25, 0.3) is 5.69 Å². The van der Waals surface area contributed by atoms with Gasteiger partial charge >= 0.3 is 0 Å². The van der Waals surface area contributed by atoms with Crippen LogP contribution in [0.5, 0.6) is 5.75 Å². The van der Waals surface area contributed by atoms with Crippen LogP contribution in [0.15, 0.2) is 60.7 Å². The molecule has 2 heterocycles. The molecule has 174 valence electrons. The maximum atomic E-state index is 12.6. The summed E-state index contributed by atoms with van der Waals surface area (Å²) in [4.78, 5) is 17.0. The molecule has 0 unspecified atom stereocenters. The Balaban J connectivity index is 1.30. The van der Waals surface area contributed by atoms with Crippen LogP contribution in [0.1, 0.15) is 25.2 Å². The van der Waals surface area contributed by atoms with Crippen molar-refractivity contribution in [1.82, 2.24) is 20.0 Å². The number of piperazine rings is 1. The maximum absolute atomic E-state index is 12.6. The lowest BCUT2D eigenvalue weighted by molar-refractivity contribution is -0.122. The largest absolute Gasteiger partial charge is 0.508 e. The summed E-state index contributed by atoms with van der Waals surface area (Å²) in [6.45, 7) is 8.48. The van der Waals surface area contributed by atoms with Gasteiger partial charge in [0.25, 0.3) is 0 Å². The topological polar surface area (TPSA) is 73.6 Å². The molecule has 0 saturated carbocycles. The van der Waals surface area contributed by atoms with E-state index in [4.69, 9.17) is 5.10 Å². The summed E-state index contributed by atoms with van der Waals surface area (Å²) in [6, 6.07) is 19.5. The Hall–Kier alpha value is -3.32. The van der Waals surface area contributed by atoms with Gasteiger partial charge in [0, 0.05) is 43.6 Å². The summed E-state index contributed by atoms with van der Waals surface area (Å²) in [7, 11) is 0. The number of phenols is 1. The fourth-order valence-corrected chi connectivity index (χ4v) is 4.22. The van der Waals surface area contributed by atoms with E-state index >= 15 is 0 Å². The van der Waals surface area contributed by atoms with Crippen LogP contribution in [0, 0.1) is 5.92 Å². The number of para-hydroxylation sites is 1. The molecule has 1 aromatic heterocycles. The van der Waals surface area contributed by atoms with Crippen LogP contribution < -0.4 is 10.2 Å². The molecule has 1 saturated heterocycles. The molecule has 2 N–H and O–H groups in total. The van der Waals surface area contributed by atoms with Crippen LogP contribution >= 0.6 is 0 Å². The molecule has 0 bridgehead atoms. The predicted octanol–water partition coefficient (Wildman–Crippen LogP) is 3.21. The van der Waals surface area contributed by atoms with Crippen LogP contribution in [-0.2, 0) is 17.8 Å². The quantitative estimate of drug-likeness (QED) is 0.555. The van der Waals surface area contributed by atoms with E-state index in [9.17, 15) is 9.90 Å². The summed E-state index contributed by atoms with van der Waals surface area (Å²) >= 11 is 0. The van der Waals surface area contributed by atoms with E-state index in [0.717, 1.165) is 55.4 Å². The Bertz CT molecular complexity index is 1060. The number of nitrogens with zero attached hydrogens (tertiary/aromatic N) is 4.